The molecule has 0 saturated carbocycles. The first-order chi connectivity index (χ1) is 23.3. The summed E-state index contributed by atoms with van der Waals surface area (Å²) in [7, 11) is -3.68. The highest BCUT2D eigenvalue weighted by molar-refractivity contribution is 7.60. The third-order valence-corrected chi connectivity index (χ3v) is 10.7. The van der Waals surface area contributed by atoms with Crippen molar-refractivity contribution in [1.29, 1.82) is 0 Å². The Morgan fingerprint density at radius 1 is 0.938 bits per heavy atom. The maximum Gasteiger partial charge on any atom is 0.323 e. The van der Waals surface area contributed by atoms with Crippen LogP contribution in [-0.4, -0.2) is 86.9 Å². The fourth-order valence-electron chi connectivity index (χ4n) is 6.14. The number of nitrogens with one attached hydrogen (secondary N) is 3. The van der Waals surface area contributed by atoms with Crippen LogP contribution >= 0.6 is 7.44 Å². The second-order valence-electron chi connectivity index (χ2n) is 11.8. The number of carbonyl (C=O) groups excluding carboxylic acids is 2. The Hall–Kier alpha value is -4.16. The number of ether oxygens (including phenoxy) is 2. The molecule has 0 unspecified atom stereocenters. The Kier molecular flexibility index (Phi) is 12.3. The van der Waals surface area contributed by atoms with Crippen molar-refractivity contribution in [1.82, 2.24) is 34.6 Å². The number of aromatic amines is 1. The smallest absolute Gasteiger partial charge is 0.323 e. The number of esters is 2. The number of carbonyl (C=O) groups is 2. The van der Waals surface area contributed by atoms with Gasteiger partial charge in [0.05, 0.1) is 25.9 Å². The zero-order valence-electron chi connectivity index (χ0n) is 27.4. The summed E-state index contributed by atoms with van der Waals surface area (Å²) in [6.45, 7) is 5.55. The number of H-pyrrole nitrogens is 1. The van der Waals surface area contributed by atoms with Gasteiger partial charge in [-0.15, -0.1) is 0 Å². The van der Waals surface area contributed by atoms with E-state index in [4.69, 9.17) is 9.47 Å². The van der Waals surface area contributed by atoms with E-state index >= 15 is 4.57 Å². The number of likely N-dealkylation sites (tertiary alicyclic amines) is 1. The summed E-state index contributed by atoms with van der Waals surface area (Å²) >= 11 is 0. The van der Waals surface area contributed by atoms with Crippen molar-refractivity contribution in [3.8, 4) is 0 Å². The molecule has 2 aromatic heterocycles. The molecule has 0 radical (unpaired) electrons. The van der Waals surface area contributed by atoms with Crippen molar-refractivity contribution < 1.29 is 23.6 Å². The number of aromatic nitrogens is 4. The summed E-state index contributed by atoms with van der Waals surface area (Å²) in [6, 6.07) is 17.1. The molecule has 0 amide bonds. The molecule has 256 valence electrons. The van der Waals surface area contributed by atoms with Crippen molar-refractivity contribution in [2.45, 2.75) is 64.2 Å². The first kappa shape index (κ1) is 35.2. The quantitative estimate of drug-likeness (QED) is 0.111. The third-order valence-electron chi connectivity index (χ3n) is 8.45. The lowest BCUT2D eigenvalue weighted by Gasteiger charge is -2.32. The van der Waals surface area contributed by atoms with Crippen molar-refractivity contribution in [2.24, 2.45) is 0 Å². The minimum absolute atomic E-state index is 0.0762. The first-order valence-corrected chi connectivity index (χ1v) is 18.4. The van der Waals surface area contributed by atoms with E-state index in [1.54, 1.807) is 20.2 Å². The molecule has 0 spiro atoms. The largest absolute Gasteiger partial charge is 0.465 e. The molecule has 1 aliphatic rings. The van der Waals surface area contributed by atoms with Gasteiger partial charge in [-0.2, -0.15) is 0 Å². The minimum atomic E-state index is -3.68. The van der Waals surface area contributed by atoms with Gasteiger partial charge in [-0.05, 0) is 57.2 Å². The van der Waals surface area contributed by atoms with Crippen LogP contribution in [0.3, 0.4) is 0 Å². The maximum atomic E-state index is 15.1. The average Bonchev–Trinajstić information content (AvgIpc) is 3.72. The molecule has 3 heterocycles. The van der Waals surface area contributed by atoms with Crippen molar-refractivity contribution in [3.05, 3.63) is 94.8 Å². The molecule has 48 heavy (non-hydrogen) atoms. The molecule has 3 N–H and O–H groups in total. The standard InChI is InChI=1S/C34H44N7O6P/c1-3-46-33(43)28(20-25-12-7-5-8-13-25)38-48(45,39-29(34(44)47-4-2)21-26-14-9-6-10-15-26)19-18-40-17-11-16-27(40)22-41-24-37-30-31(41)35-23-36-32(30)42/h5-10,12-15,23-24,27-29H,3-4,11,16-22H2,1-2H3,(H,35,36,42)(H2,38,39,45)/t27-,28+,29+/m1/s1. The van der Waals surface area contributed by atoms with Crippen LogP contribution in [0.2, 0.25) is 0 Å². The van der Waals surface area contributed by atoms with E-state index in [9.17, 15) is 14.4 Å². The van der Waals surface area contributed by atoms with E-state index in [0.29, 0.717) is 18.7 Å². The number of fused-ring (bicyclic) bond motifs is 1. The van der Waals surface area contributed by atoms with Crippen LogP contribution in [0.4, 0.5) is 0 Å². The molecule has 0 aliphatic carbocycles. The van der Waals surface area contributed by atoms with Crippen molar-refractivity contribution in [2.75, 3.05) is 32.5 Å². The Balaban J connectivity index is 1.40. The van der Waals surface area contributed by atoms with E-state index in [0.717, 1.165) is 30.5 Å². The zero-order chi connectivity index (χ0) is 33.9. The Morgan fingerprint density at radius 2 is 1.52 bits per heavy atom. The van der Waals surface area contributed by atoms with Crippen LogP contribution in [0.15, 0.2) is 78.1 Å². The molecule has 13 nitrogen and oxygen atoms in total. The number of imidazole rings is 1. The summed E-state index contributed by atoms with van der Waals surface area (Å²) in [4.78, 5) is 52.2. The fourth-order valence-corrected chi connectivity index (χ4v) is 8.41. The predicted octanol–water partition coefficient (Wildman–Crippen LogP) is 3.31. The monoisotopic (exact) mass is 677 g/mol. The predicted molar refractivity (Wildman–Crippen MR) is 183 cm³/mol. The number of nitrogens with zero attached hydrogens (tertiary/aromatic N) is 4. The van der Waals surface area contributed by atoms with Crippen LogP contribution in [-0.2, 0) is 43.0 Å². The topological polar surface area (TPSA) is 161 Å². The van der Waals surface area contributed by atoms with Gasteiger partial charge in [-0.1, -0.05) is 60.7 Å². The highest BCUT2D eigenvalue weighted by Gasteiger charge is 2.37. The van der Waals surface area contributed by atoms with Gasteiger partial charge in [-0.3, -0.25) is 23.8 Å². The number of hydrogen-bond donors (Lipinski definition) is 3. The van der Waals surface area contributed by atoms with Gasteiger partial charge in [-0.25, -0.2) is 20.1 Å². The lowest BCUT2D eigenvalue weighted by molar-refractivity contribution is -0.145. The minimum Gasteiger partial charge on any atom is -0.465 e. The van der Waals surface area contributed by atoms with E-state index in [2.05, 4.69) is 30.0 Å². The number of hydrogen-bond acceptors (Lipinski definition) is 9. The van der Waals surface area contributed by atoms with Gasteiger partial charge in [0.1, 0.15) is 12.1 Å². The Labute approximate surface area is 279 Å². The van der Waals surface area contributed by atoms with E-state index in [1.807, 2.05) is 65.2 Å². The lowest BCUT2D eigenvalue weighted by atomic mass is 10.1. The summed E-state index contributed by atoms with van der Waals surface area (Å²) < 4.78 is 27.8. The van der Waals surface area contributed by atoms with Crippen LogP contribution in [0.1, 0.15) is 37.8 Å². The molecule has 5 rings (SSSR count). The van der Waals surface area contributed by atoms with Gasteiger partial charge in [0.15, 0.2) is 11.2 Å². The second-order valence-corrected chi connectivity index (χ2v) is 14.3. The van der Waals surface area contributed by atoms with Crippen LogP contribution < -0.4 is 15.7 Å². The Bertz CT molecular complexity index is 1680. The van der Waals surface area contributed by atoms with Crippen molar-refractivity contribution >= 4 is 30.5 Å². The van der Waals surface area contributed by atoms with Gasteiger partial charge < -0.3 is 19.0 Å². The normalized spacial score (nSPS) is 16.5. The zero-order valence-corrected chi connectivity index (χ0v) is 28.3. The molecular formula is C34H44N7O6P. The van der Waals surface area contributed by atoms with Gasteiger partial charge in [0.25, 0.3) is 5.56 Å². The van der Waals surface area contributed by atoms with Crippen LogP contribution in [0.5, 0.6) is 0 Å². The number of rotatable bonds is 17. The molecule has 1 aliphatic heterocycles. The fraction of sp³-hybridized carbons (Fsp3) is 0.441. The van der Waals surface area contributed by atoms with E-state index in [1.165, 1.54) is 6.33 Å². The molecule has 3 atom stereocenters. The maximum absolute atomic E-state index is 15.1. The lowest BCUT2D eigenvalue weighted by Crippen LogP contribution is -2.47. The van der Waals surface area contributed by atoms with Gasteiger partial charge in [0, 0.05) is 25.3 Å². The first-order valence-electron chi connectivity index (χ1n) is 16.5. The molecule has 4 aromatic rings. The van der Waals surface area contributed by atoms with Gasteiger partial charge >= 0.3 is 11.9 Å². The third kappa shape index (κ3) is 9.25. The number of benzene rings is 2. The molecule has 14 heteroatoms. The summed E-state index contributed by atoms with van der Waals surface area (Å²) in [6.07, 6.45) is 5.45. The molecule has 1 saturated heterocycles. The van der Waals surface area contributed by atoms with E-state index in [-0.39, 0.29) is 49.3 Å². The summed E-state index contributed by atoms with van der Waals surface area (Å²) in [5.74, 6) is -1.04. The second kappa shape index (κ2) is 16.8. The highest BCUT2D eigenvalue weighted by atomic mass is 31.2. The van der Waals surface area contributed by atoms with Crippen LogP contribution in [0, 0.1) is 0 Å². The SMILES string of the molecule is CCOC(=O)[C@H](Cc1ccccc1)NP(=O)(CCN1CCC[C@@H]1Cn1cnc2c(=O)[nH]cnc21)N[C@@H](Cc1ccccc1)C(=O)OCC. The highest BCUT2D eigenvalue weighted by Crippen LogP contribution is 2.39. The van der Waals surface area contributed by atoms with Crippen molar-refractivity contribution in [3.63, 3.8) is 0 Å². The Morgan fingerprint density at radius 3 is 2.08 bits per heavy atom. The molecular weight excluding hydrogens is 633 g/mol. The summed E-state index contributed by atoms with van der Waals surface area (Å²) in [5.41, 5.74) is 2.25. The van der Waals surface area contributed by atoms with Gasteiger partial charge in [0.2, 0.25) is 7.44 Å². The molecule has 0 bridgehead atoms. The van der Waals surface area contributed by atoms with E-state index < -0.39 is 31.5 Å². The molecule has 1 fully saturated rings. The molecule has 2 aromatic carbocycles. The average molecular weight is 678 g/mol. The summed E-state index contributed by atoms with van der Waals surface area (Å²) in [5, 5.41) is 6.33. The van der Waals surface area contributed by atoms with Crippen LogP contribution in [0.25, 0.3) is 11.2 Å².